The van der Waals surface area contributed by atoms with Crippen LogP contribution in [0.3, 0.4) is 0 Å². The van der Waals surface area contributed by atoms with E-state index in [0.29, 0.717) is 0 Å². The molecule has 0 unspecified atom stereocenters. The van der Waals surface area contributed by atoms with Gasteiger partial charge in [0.25, 0.3) is 9.05 Å². The lowest BCUT2D eigenvalue weighted by atomic mass is 10.6. The topological polar surface area (TPSA) is 39.1 Å². The van der Waals surface area contributed by atoms with Crippen molar-refractivity contribution in [1.82, 2.24) is 4.57 Å². The van der Waals surface area contributed by atoms with Crippen molar-refractivity contribution in [2.24, 2.45) is 7.05 Å². The third-order valence-electron chi connectivity index (χ3n) is 1.14. The van der Waals surface area contributed by atoms with E-state index in [1.165, 1.54) is 11.6 Å². The minimum atomic E-state index is -3.94. The summed E-state index contributed by atoms with van der Waals surface area (Å²) < 4.78 is 35.1. The van der Waals surface area contributed by atoms with Gasteiger partial charge in [0, 0.05) is 30.1 Å². The number of halogens is 2. The fraction of sp³-hybridized carbons (Fsp3) is 0.200. The molecule has 0 atom stereocenters. The zero-order valence-electron chi connectivity index (χ0n) is 5.58. The predicted molar refractivity (Wildman–Crippen MR) is 38.4 cm³/mol. The van der Waals surface area contributed by atoms with Gasteiger partial charge in [-0.3, -0.25) is 0 Å². The molecule has 0 spiro atoms. The van der Waals surface area contributed by atoms with Gasteiger partial charge in [0.15, 0.2) is 5.82 Å². The summed E-state index contributed by atoms with van der Waals surface area (Å²) in [5.74, 6) is -0.831. The first-order valence-corrected chi connectivity index (χ1v) is 4.98. The van der Waals surface area contributed by atoms with Crippen molar-refractivity contribution in [2.45, 2.75) is 4.90 Å². The highest BCUT2D eigenvalue weighted by Gasteiger charge is 2.17. The molecule has 11 heavy (non-hydrogen) atoms. The lowest BCUT2D eigenvalue weighted by molar-refractivity contribution is 0.579. The Morgan fingerprint density at radius 2 is 2.09 bits per heavy atom. The molecule has 1 rings (SSSR count). The van der Waals surface area contributed by atoms with E-state index in [-0.39, 0.29) is 0 Å². The highest BCUT2D eigenvalue weighted by molar-refractivity contribution is 8.13. The fourth-order valence-electron chi connectivity index (χ4n) is 0.706. The van der Waals surface area contributed by atoms with Gasteiger partial charge in [-0.2, -0.15) is 0 Å². The van der Waals surface area contributed by atoms with Crippen LogP contribution in [0.1, 0.15) is 0 Å². The maximum absolute atomic E-state index is 12.6. The molecular weight excluding hydrogens is 193 g/mol. The largest absolute Gasteiger partial charge is 0.353 e. The van der Waals surface area contributed by atoms with Crippen molar-refractivity contribution in [3.8, 4) is 0 Å². The van der Waals surface area contributed by atoms with Gasteiger partial charge in [0.2, 0.25) is 0 Å². The van der Waals surface area contributed by atoms with Crippen LogP contribution in [0, 0.1) is 5.82 Å². The molecule has 0 N–H and O–H groups in total. The van der Waals surface area contributed by atoms with Crippen LogP contribution in [0.5, 0.6) is 0 Å². The number of rotatable bonds is 1. The molecule has 6 heteroatoms. The van der Waals surface area contributed by atoms with Crippen molar-refractivity contribution >= 4 is 19.7 Å². The molecule has 0 fully saturated rings. The first-order valence-electron chi connectivity index (χ1n) is 2.67. The number of aromatic nitrogens is 1. The Balaban J connectivity index is 3.36. The third-order valence-corrected chi connectivity index (χ3v) is 2.46. The van der Waals surface area contributed by atoms with Crippen molar-refractivity contribution in [3.63, 3.8) is 0 Å². The van der Waals surface area contributed by atoms with Crippen molar-refractivity contribution < 1.29 is 12.8 Å². The summed E-state index contributed by atoms with van der Waals surface area (Å²) >= 11 is 0. The van der Waals surface area contributed by atoms with Gasteiger partial charge in [-0.25, -0.2) is 12.8 Å². The molecule has 0 aliphatic rings. The van der Waals surface area contributed by atoms with Crippen molar-refractivity contribution in [2.75, 3.05) is 0 Å². The minimum Gasteiger partial charge on any atom is -0.353 e. The Hall–Kier alpha value is -0.550. The molecule has 1 heterocycles. The molecule has 0 aliphatic heterocycles. The lowest BCUT2D eigenvalue weighted by Crippen LogP contribution is -1.90. The molecule has 62 valence electrons. The molecule has 0 amide bonds. The minimum absolute atomic E-state index is 0.485. The summed E-state index contributed by atoms with van der Waals surface area (Å²) in [6.07, 6.45) is 2.15. The second kappa shape index (κ2) is 2.49. The van der Waals surface area contributed by atoms with Gasteiger partial charge in [-0.05, 0) is 0 Å². The summed E-state index contributed by atoms with van der Waals surface area (Å²) in [7, 11) is 2.47. The number of hydrogen-bond donors (Lipinski definition) is 0. The number of hydrogen-bond acceptors (Lipinski definition) is 2. The van der Waals surface area contributed by atoms with Crippen LogP contribution in [0.25, 0.3) is 0 Å². The normalized spacial score (nSPS) is 11.9. The molecule has 0 saturated heterocycles. The maximum atomic E-state index is 12.6. The first-order chi connectivity index (χ1) is 4.91. The number of aryl methyl sites for hydroxylation is 1. The summed E-state index contributed by atoms with van der Waals surface area (Å²) in [4.78, 5) is -0.485. The second-order valence-corrected chi connectivity index (χ2v) is 4.61. The summed E-state index contributed by atoms with van der Waals surface area (Å²) in [5, 5.41) is 0. The van der Waals surface area contributed by atoms with Gasteiger partial charge < -0.3 is 4.57 Å². The van der Waals surface area contributed by atoms with E-state index in [9.17, 15) is 12.8 Å². The Kier molecular flexibility index (Phi) is 1.94. The molecule has 0 saturated carbocycles. The van der Waals surface area contributed by atoms with Crippen molar-refractivity contribution in [1.29, 1.82) is 0 Å². The van der Waals surface area contributed by atoms with Crippen LogP contribution in [0.4, 0.5) is 4.39 Å². The van der Waals surface area contributed by atoms with E-state index in [0.717, 1.165) is 12.4 Å². The van der Waals surface area contributed by atoms with Gasteiger partial charge >= 0.3 is 0 Å². The van der Waals surface area contributed by atoms with E-state index in [2.05, 4.69) is 0 Å². The van der Waals surface area contributed by atoms with Gasteiger partial charge in [-0.1, -0.05) is 0 Å². The van der Waals surface area contributed by atoms with Crippen LogP contribution in [-0.4, -0.2) is 13.0 Å². The predicted octanol–water partition coefficient (Wildman–Crippen LogP) is 1.09. The molecular formula is C5H5ClFNO2S. The second-order valence-electron chi connectivity index (χ2n) is 2.07. The monoisotopic (exact) mass is 197 g/mol. The van der Waals surface area contributed by atoms with E-state index in [1.807, 2.05) is 0 Å². The lowest BCUT2D eigenvalue weighted by Gasteiger charge is -1.87. The molecule has 1 aromatic rings. The fourth-order valence-corrected chi connectivity index (χ4v) is 1.62. The molecule has 0 radical (unpaired) electrons. The van der Waals surface area contributed by atoms with Crippen LogP contribution in [-0.2, 0) is 16.1 Å². The molecule has 1 aromatic heterocycles. The average molecular weight is 198 g/mol. The highest BCUT2D eigenvalue weighted by atomic mass is 35.7. The maximum Gasteiger partial charge on any atom is 0.265 e. The Morgan fingerprint density at radius 1 is 1.55 bits per heavy atom. The molecule has 3 nitrogen and oxygen atoms in total. The zero-order valence-corrected chi connectivity index (χ0v) is 7.16. The third kappa shape index (κ3) is 1.72. The van der Waals surface area contributed by atoms with Crippen LogP contribution < -0.4 is 0 Å². The summed E-state index contributed by atoms with van der Waals surface area (Å²) in [5.41, 5.74) is 0. The average Bonchev–Trinajstić information content (AvgIpc) is 2.08. The van der Waals surface area contributed by atoms with Crippen LogP contribution >= 0.6 is 10.7 Å². The molecule has 0 aromatic carbocycles. The first kappa shape index (κ1) is 8.55. The highest BCUT2D eigenvalue weighted by Crippen LogP contribution is 2.18. The van der Waals surface area contributed by atoms with Gasteiger partial charge in [0.1, 0.15) is 4.90 Å². The Morgan fingerprint density at radius 3 is 2.27 bits per heavy atom. The summed E-state index contributed by atoms with van der Waals surface area (Å²) in [6, 6.07) is 0. The SMILES string of the molecule is Cn1cc(F)c(S(=O)(=O)Cl)c1. The van der Waals surface area contributed by atoms with Crippen LogP contribution in [0.15, 0.2) is 17.3 Å². The van der Waals surface area contributed by atoms with Gasteiger partial charge in [0.05, 0.1) is 0 Å². The Labute approximate surface area is 67.8 Å². The van der Waals surface area contributed by atoms with Crippen LogP contribution in [0.2, 0.25) is 0 Å². The van der Waals surface area contributed by atoms with E-state index in [4.69, 9.17) is 10.7 Å². The Bertz CT molecular complexity index is 370. The van der Waals surface area contributed by atoms with E-state index < -0.39 is 19.8 Å². The quantitative estimate of drug-likeness (QED) is 0.633. The van der Waals surface area contributed by atoms with E-state index in [1.54, 1.807) is 0 Å². The van der Waals surface area contributed by atoms with Crippen molar-refractivity contribution in [3.05, 3.63) is 18.2 Å². The van der Waals surface area contributed by atoms with Gasteiger partial charge in [-0.15, -0.1) is 0 Å². The summed E-state index contributed by atoms with van der Waals surface area (Å²) in [6.45, 7) is 0. The number of nitrogens with zero attached hydrogens (tertiary/aromatic N) is 1. The zero-order chi connectivity index (χ0) is 8.65. The van der Waals surface area contributed by atoms with E-state index >= 15 is 0 Å². The standard InChI is InChI=1S/C5H5ClFNO2S/c1-8-2-4(7)5(3-8)11(6,9)10/h2-3H,1H3. The molecule has 0 aliphatic carbocycles. The smallest absolute Gasteiger partial charge is 0.265 e. The molecule has 0 bridgehead atoms.